The van der Waals surface area contributed by atoms with Crippen molar-refractivity contribution in [2.24, 2.45) is 0 Å². The van der Waals surface area contributed by atoms with Gasteiger partial charge in [0.15, 0.2) is 0 Å². The van der Waals surface area contributed by atoms with E-state index in [-0.39, 0.29) is 6.03 Å². The Hall–Kier alpha value is -3.62. The van der Waals surface area contributed by atoms with Crippen LogP contribution in [0.1, 0.15) is 17.5 Å². The molecule has 0 atom stereocenters. The van der Waals surface area contributed by atoms with Crippen LogP contribution in [0.25, 0.3) is 21.5 Å². The van der Waals surface area contributed by atoms with Gasteiger partial charge in [0.25, 0.3) is 0 Å². The van der Waals surface area contributed by atoms with Gasteiger partial charge in [-0.1, -0.05) is 48.5 Å². The zero-order valence-electron chi connectivity index (χ0n) is 21.0. The summed E-state index contributed by atoms with van der Waals surface area (Å²) >= 11 is 0. The number of hydrogen-bond acceptors (Lipinski definition) is 3. The first-order valence-corrected chi connectivity index (χ1v) is 12.8. The third-order valence-corrected chi connectivity index (χ3v) is 6.99. The number of carbonyl (C=O) groups excluding carboxylic acids is 1. The maximum Gasteiger partial charge on any atom is 0.416 e. The van der Waals surface area contributed by atoms with E-state index in [2.05, 4.69) is 40.5 Å². The van der Waals surface area contributed by atoms with Crippen LogP contribution in [0.5, 0.6) is 0 Å². The van der Waals surface area contributed by atoms with Crippen LogP contribution in [0.2, 0.25) is 0 Å². The van der Waals surface area contributed by atoms with Crippen LogP contribution < -0.4 is 5.32 Å². The van der Waals surface area contributed by atoms with Gasteiger partial charge in [-0.25, -0.2) is 4.79 Å². The average Bonchev–Trinajstić information content (AvgIpc) is 2.92. The molecule has 0 unspecified atom stereocenters. The lowest BCUT2D eigenvalue weighted by atomic mass is 9.96. The normalized spacial score (nSPS) is 14.6. The molecular weight excluding hydrogens is 491 g/mol. The van der Waals surface area contributed by atoms with E-state index in [0.29, 0.717) is 32.0 Å². The largest absolute Gasteiger partial charge is 0.416 e. The molecular formula is C30H30F3N3O2. The van der Waals surface area contributed by atoms with Gasteiger partial charge in [0.2, 0.25) is 0 Å². The molecule has 5 nitrogen and oxygen atoms in total. The molecule has 0 bridgehead atoms. The van der Waals surface area contributed by atoms with Crippen molar-refractivity contribution in [3.05, 3.63) is 90.0 Å². The van der Waals surface area contributed by atoms with Crippen molar-refractivity contribution < 1.29 is 22.7 Å². The van der Waals surface area contributed by atoms with E-state index in [1.807, 2.05) is 24.3 Å². The van der Waals surface area contributed by atoms with Crippen molar-refractivity contribution in [2.75, 3.05) is 44.7 Å². The molecule has 1 N–H and O–H groups in total. The second kappa shape index (κ2) is 11.4. The lowest BCUT2D eigenvalue weighted by molar-refractivity contribution is -0.137. The minimum Gasteiger partial charge on any atom is -0.379 e. The molecule has 4 aromatic rings. The van der Waals surface area contributed by atoms with Gasteiger partial charge < -0.3 is 15.0 Å². The van der Waals surface area contributed by atoms with Crippen molar-refractivity contribution >= 4 is 33.3 Å². The maximum atomic E-state index is 13.5. The van der Waals surface area contributed by atoms with E-state index in [0.717, 1.165) is 65.3 Å². The van der Waals surface area contributed by atoms with Gasteiger partial charge >= 0.3 is 12.2 Å². The highest BCUT2D eigenvalue weighted by Crippen LogP contribution is 2.31. The van der Waals surface area contributed by atoms with Gasteiger partial charge in [0.1, 0.15) is 0 Å². The zero-order chi connectivity index (χ0) is 26.5. The Labute approximate surface area is 219 Å². The van der Waals surface area contributed by atoms with E-state index in [1.54, 1.807) is 4.90 Å². The highest BCUT2D eigenvalue weighted by atomic mass is 19.4. The minimum atomic E-state index is -4.43. The summed E-state index contributed by atoms with van der Waals surface area (Å²) in [6, 6.07) is 22.6. The number of nitrogens with one attached hydrogen (secondary N) is 1. The fourth-order valence-electron chi connectivity index (χ4n) is 4.98. The molecule has 4 aromatic carbocycles. The molecule has 1 fully saturated rings. The number of fused-ring (bicyclic) bond motifs is 2. The number of anilines is 1. The summed E-state index contributed by atoms with van der Waals surface area (Å²) in [6.45, 7) is 4.86. The summed E-state index contributed by atoms with van der Waals surface area (Å²) in [6.07, 6.45) is -3.66. The number of amides is 2. The average molecular weight is 522 g/mol. The Kier molecular flexibility index (Phi) is 7.81. The van der Waals surface area contributed by atoms with E-state index < -0.39 is 11.7 Å². The van der Waals surface area contributed by atoms with Gasteiger partial charge in [-0.15, -0.1) is 0 Å². The molecule has 0 aliphatic carbocycles. The lowest BCUT2D eigenvalue weighted by Gasteiger charge is -2.29. The second-order valence-corrected chi connectivity index (χ2v) is 9.53. The van der Waals surface area contributed by atoms with Gasteiger partial charge in [0, 0.05) is 38.4 Å². The van der Waals surface area contributed by atoms with Crippen molar-refractivity contribution in [3.8, 4) is 0 Å². The molecule has 0 spiro atoms. The summed E-state index contributed by atoms with van der Waals surface area (Å²) in [4.78, 5) is 17.6. The van der Waals surface area contributed by atoms with Crippen molar-refractivity contribution in [2.45, 2.75) is 19.1 Å². The predicted octanol–water partition coefficient (Wildman–Crippen LogP) is 6.77. The molecule has 0 aromatic heterocycles. The first kappa shape index (κ1) is 26.0. The smallest absolute Gasteiger partial charge is 0.379 e. The number of halogens is 3. The van der Waals surface area contributed by atoms with Crippen molar-refractivity contribution in [1.82, 2.24) is 9.80 Å². The number of hydrogen-bond donors (Lipinski definition) is 1. The van der Waals surface area contributed by atoms with Crippen LogP contribution in [0.3, 0.4) is 0 Å². The predicted molar refractivity (Wildman–Crippen MR) is 144 cm³/mol. The Balaban J connectivity index is 1.41. The summed E-state index contributed by atoms with van der Waals surface area (Å²) in [5.74, 6) is 0. The van der Waals surface area contributed by atoms with Crippen LogP contribution in [0.4, 0.5) is 23.7 Å². The molecule has 198 valence electrons. The fourth-order valence-corrected chi connectivity index (χ4v) is 4.98. The Morgan fingerprint density at radius 1 is 0.895 bits per heavy atom. The van der Waals surface area contributed by atoms with Gasteiger partial charge in [-0.3, -0.25) is 4.90 Å². The van der Waals surface area contributed by atoms with Crippen LogP contribution in [0, 0.1) is 0 Å². The molecule has 5 rings (SSSR count). The second-order valence-electron chi connectivity index (χ2n) is 9.53. The van der Waals surface area contributed by atoms with Gasteiger partial charge in [0.05, 0.1) is 18.8 Å². The van der Waals surface area contributed by atoms with E-state index in [9.17, 15) is 18.0 Å². The quantitative estimate of drug-likeness (QED) is 0.273. The Morgan fingerprint density at radius 3 is 2.11 bits per heavy atom. The number of nitrogens with zero attached hydrogens (tertiary/aromatic N) is 2. The monoisotopic (exact) mass is 521 g/mol. The number of alkyl halides is 3. The zero-order valence-corrected chi connectivity index (χ0v) is 21.0. The van der Waals surface area contributed by atoms with Crippen LogP contribution in [0.15, 0.2) is 78.9 Å². The third-order valence-electron chi connectivity index (χ3n) is 6.99. The fraction of sp³-hybridized carbons (Fsp3) is 0.300. The van der Waals surface area contributed by atoms with Crippen LogP contribution in [-0.2, 0) is 17.5 Å². The molecule has 38 heavy (non-hydrogen) atoms. The van der Waals surface area contributed by atoms with Gasteiger partial charge in [-0.05, 0) is 63.9 Å². The van der Waals surface area contributed by atoms with Gasteiger partial charge in [-0.2, -0.15) is 13.2 Å². The molecule has 0 radical (unpaired) electrons. The summed E-state index contributed by atoms with van der Waals surface area (Å²) in [5, 5.41) is 7.15. The lowest BCUT2D eigenvalue weighted by Crippen LogP contribution is -2.40. The van der Waals surface area contributed by atoms with E-state index in [4.69, 9.17) is 4.74 Å². The number of morpholine rings is 1. The topological polar surface area (TPSA) is 44.8 Å². The Bertz CT molecular complexity index is 1350. The first-order valence-electron chi connectivity index (χ1n) is 12.8. The maximum absolute atomic E-state index is 13.5. The molecule has 8 heteroatoms. The highest BCUT2D eigenvalue weighted by molar-refractivity contribution is 6.02. The molecule has 1 saturated heterocycles. The summed E-state index contributed by atoms with van der Waals surface area (Å²) < 4.78 is 44.4. The molecule has 1 aliphatic rings. The summed E-state index contributed by atoms with van der Waals surface area (Å²) in [7, 11) is 0. The standard InChI is InChI=1S/C30H30F3N3O2/c31-30(32,33)24-10-12-25(13-11-24)34-29(37)36(15-5-14-35-16-18-38-19-17-35)21-28-26-8-3-1-6-22(26)20-23-7-2-4-9-27(23)28/h1-4,6-13,20H,5,14-19,21H2,(H,34,37). The number of rotatable bonds is 7. The minimum absolute atomic E-state index is 0.323. The van der Waals surface area contributed by atoms with Crippen LogP contribution in [-0.4, -0.2) is 55.2 Å². The first-order chi connectivity index (χ1) is 18.4. The SMILES string of the molecule is O=C(Nc1ccc(C(F)(F)F)cc1)N(CCCN1CCOCC1)Cc1c2ccccc2cc2ccccc12. The number of carbonyl (C=O) groups is 1. The molecule has 2 amide bonds. The number of urea groups is 1. The molecule has 1 heterocycles. The molecule has 1 aliphatic heterocycles. The third kappa shape index (κ3) is 6.09. The van der Waals surface area contributed by atoms with E-state index >= 15 is 0 Å². The van der Waals surface area contributed by atoms with Crippen LogP contribution >= 0.6 is 0 Å². The number of ether oxygens (including phenoxy) is 1. The van der Waals surface area contributed by atoms with Crippen molar-refractivity contribution in [3.63, 3.8) is 0 Å². The van der Waals surface area contributed by atoms with Crippen molar-refractivity contribution in [1.29, 1.82) is 0 Å². The summed E-state index contributed by atoms with van der Waals surface area (Å²) in [5.41, 5.74) is 0.622. The Morgan fingerprint density at radius 2 is 1.50 bits per heavy atom. The number of benzene rings is 4. The highest BCUT2D eigenvalue weighted by Gasteiger charge is 2.30. The van der Waals surface area contributed by atoms with E-state index in [1.165, 1.54) is 12.1 Å². The molecule has 0 saturated carbocycles.